The lowest BCUT2D eigenvalue weighted by molar-refractivity contribution is 0.00578. The van der Waals surface area contributed by atoms with Crippen LogP contribution < -0.4 is 5.46 Å². The van der Waals surface area contributed by atoms with Crippen molar-refractivity contribution in [2.45, 2.75) is 38.9 Å². The molecule has 0 N–H and O–H groups in total. The zero-order valence-corrected chi connectivity index (χ0v) is 16.6. The molecule has 0 aliphatic carbocycles. The zero-order chi connectivity index (χ0) is 18.7. The summed E-state index contributed by atoms with van der Waals surface area (Å²) in [4.78, 5) is 0. The number of hydrogen-bond donors (Lipinski definition) is 0. The normalized spacial score (nSPS) is 18.5. The Bertz CT molecular complexity index is 1030. The van der Waals surface area contributed by atoms with E-state index in [1.54, 1.807) is 11.3 Å². The summed E-state index contributed by atoms with van der Waals surface area (Å²) < 4.78 is 15.1. The zero-order valence-electron chi connectivity index (χ0n) is 15.8. The molecule has 0 bridgehead atoms. The third-order valence-corrected chi connectivity index (χ3v) is 6.81. The molecule has 0 unspecified atom stereocenters. The molecule has 3 aromatic rings. The summed E-state index contributed by atoms with van der Waals surface area (Å²) in [6.07, 6.45) is 3.82. The van der Waals surface area contributed by atoms with Crippen molar-refractivity contribution in [3.05, 3.63) is 54.6 Å². The van der Waals surface area contributed by atoms with Crippen molar-refractivity contribution < 1.29 is 9.31 Å². The van der Waals surface area contributed by atoms with E-state index in [0.717, 1.165) is 16.6 Å². The first-order valence-corrected chi connectivity index (χ1v) is 9.69. The quantitative estimate of drug-likeness (QED) is 0.562. The van der Waals surface area contributed by atoms with Gasteiger partial charge in [0.1, 0.15) is 0 Å². The molecule has 4 rings (SSSR count). The van der Waals surface area contributed by atoms with E-state index < -0.39 is 7.12 Å². The van der Waals surface area contributed by atoms with E-state index in [1.807, 2.05) is 12.2 Å². The van der Waals surface area contributed by atoms with Gasteiger partial charge in [-0.3, -0.25) is 0 Å². The summed E-state index contributed by atoms with van der Waals surface area (Å²) in [7, 11) is -0.415. The van der Waals surface area contributed by atoms with Gasteiger partial charge < -0.3 is 9.31 Å². The summed E-state index contributed by atoms with van der Waals surface area (Å²) in [6, 6.07) is 10.7. The minimum Gasteiger partial charge on any atom is -0.399 e. The van der Waals surface area contributed by atoms with Crippen LogP contribution in [0.25, 0.3) is 32.3 Å². The van der Waals surface area contributed by atoms with Crippen molar-refractivity contribution in [2.75, 3.05) is 0 Å². The average Bonchev–Trinajstić information content (AvgIpc) is 3.06. The number of fused-ring (bicyclic) bond motifs is 3. The molecule has 0 radical (unpaired) electrons. The Labute approximate surface area is 159 Å². The number of rotatable bonds is 3. The molecule has 2 nitrogen and oxygen atoms in total. The van der Waals surface area contributed by atoms with Crippen molar-refractivity contribution in [1.82, 2.24) is 0 Å². The Kier molecular flexibility index (Phi) is 3.92. The van der Waals surface area contributed by atoms with Gasteiger partial charge in [0.2, 0.25) is 0 Å². The molecule has 0 atom stereocenters. The van der Waals surface area contributed by atoms with Crippen LogP contribution in [-0.4, -0.2) is 18.3 Å². The van der Waals surface area contributed by atoms with Crippen LogP contribution >= 0.6 is 11.3 Å². The molecule has 1 aromatic heterocycles. The Morgan fingerprint density at radius 1 is 0.923 bits per heavy atom. The lowest BCUT2D eigenvalue weighted by Gasteiger charge is -2.32. The maximum atomic E-state index is 6.32. The maximum Gasteiger partial charge on any atom is 0.495 e. The molecule has 0 amide bonds. The van der Waals surface area contributed by atoms with Gasteiger partial charge in [0.25, 0.3) is 0 Å². The predicted octanol–water partition coefficient (Wildman–Crippen LogP) is 5.64. The van der Waals surface area contributed by atoms with Crippen molar-refractivity contribution in [2.24, 2.45) is 0 Å². The van der Waals surface area contributed by atoms with Crippen LogP contribution in [0, 0.1) is 0 Å². The molecular formula is C22H23BO2S. The SMILES string of the molecule is C=Cc1c(B2OC(C)(C)C(C)(C)O2)cc2sc3ccccc3c2c1C=C. The third-order valence-electron chi connectivity index (χ3n) is 5.70. The van der Waals surface area contributed by atoms with Crippen molar-refractivity contribution in [3.63, 3.8) is 0 Å². The van der Waals surface area contributed by atoms with Crippen molar-refractivity contribution in [1.29, 1.82) is 0 Å². The van der Waals surface area contributed by atoms with Gasteiger partial charge in [-0.25, -0.2) is 0 Å². The highest BCUT2D eigenvalue weighted by Gasteiger charge is 2.52. The minimum absolute atomic E-state index is 0.375. The smallest absolute Gasteiger partial charge is 0.399 e. The van der Waals surface area contributed by atoms with Crippen LogP contribution in [0.1, 0.15) is 38.8 Å². The topological polar surface area (TPSA) is 18.5 Å². The fourth-order valence-electron chi connectivity index (χ4n) is 3.56. The second kappa shape index (κ2) is 5.81. The largest absolute Gasteiger partial charge is 0.495 e. The molecule has 132 valence electrons. The fourth-order valence-corrected chi connectivity index (χ4v) is 4.73. The summed E-state index contributed by atoms with van der Waals surface area (Å²) in [6.45, 7) is 16.4. The molecule has 4 heteroatoms. The first kappa shape index (κ1) is 17.5. The Morgan fingerprint density at radius 2 is 1.54 bits per heavy atom. The minimum atomic E-state index is -0.415. The van der Waals surface area contributed by atoms with E-state index in [2.05, 4.69) is 71.2 Å². The van der Waals surface area contributed by atoms with Crippen molar-refractivity contribution >= 4 is 56.2 Å². The molecule has 2 aromatic carbocycles. The molecule has 1 aliphatic heterocycles. The Morgan fingerprint density at radius 3 is 2.15 bits per heavy atom. The maximum absolute atomic E-state index is 6.32. The van der Waals surface area contributed by atoms with Gasteiger partial charge in [-0.15, -0.1) is 11.3 Å². The van der Waals surface area contributed by atoms with E-state index in [1.165, 1.54) is 20.2 Å². The highest BCUT2D eigenvalue weighted by molar-refractivity contribution is 7.26. The first-order valence-electron chi connectivity index (χ1n) is 8.88. The first-order chi connectivity index (χ1) is 12.3. The molecule has 2 heterocycles. The lowest BCUT2D eigenvalue weighted by Crippen LogP contribution is -2.41. The molecule has 1 fully saturated rings. The molecular weight excluding hydrogens is 339 g/mol. The van der Waals surface area contributed by atoms with Gasteiger partial charge in [-0.1, -0.05) is 43.5 Å². The van der Waals surface area contributed by atoms with E-state index in [0.29, 0.717) is 0 Å². The summed E-state index contributed by atoms with van der Waals surface area (Å²) in [5.41, 5.74) is 2.40. The predicted molar refractivity (Wildman–Crippen MR) is 115 cm³/mol. The average molecular weight is 362 g/mol. The van der Waals surface area contributed by atoms with Gasteiger partial charge in [-0.2, -0.15) is 0 Å². The summed E-state index contributed by atoms with van der Waals surface area (Å²) in [5.74, 6) is 0. The Hall–Kier alpha value is -1.88. The summed E-state index contributed by atoms with van der Waals surface area (Å²) >= 11 is 1.79. The van der Waals surface area contributed by atoms with E-state index in [9.17, 15) is 0 Å². The van der Waals surface area contributed by atoms with Gasteiger partial charge >= 0.3 is 7.12 Å². The summed E-state index contributed by atoms with van der Waals surface area (Å²) in [5, 5.41) is 2.49. The van der Waals surface area contributed by atoms with Gasteiger partial charge in [0.05, 0.1) is 11.2 Å². The monoisotopic (exact) mass is 362 g/mol. The van der Waals surface area contributed by atoms with Crippen molar-refractivity contribution in [3.8, 4) is 0 Å². The van der Waals surface area contributed by atoms with Crippen LogP contribution in [0.5, 0.6) is 0 Å². The Balaban J connectivity index is 2.01. The molecule has 0 spiro atoms. The fraction of sp³-hybridized carbons (Fsp3) is 0.273. The molecule has 0 saturated carbocycles. The van der Waals surface area contributed by atoms with E-state index in [-0.39, 0.29) is 11.2 Å². The second-order valence-corrected chi connectivity index (χ2v) is 8.84. The third kappa shape index (κ3) is 2.40. The molecule has 1 saturated heterocycles. The van der Waals surface area contributed by atoms with Gasteiger partial charge in [-0.05, 0) is 56.4 Å². The highest BCUT2D eigenvalue weighted by atomic mass is 32.1. The molecule has 1 aliphatic rings. The molecule has 26 heavy (non-hydrogen) atoms. The second-order valence-electron chi connectivity index (χ2n) is 7.76. The standard InChI is InChI=1S/C22H23BO2S/c1-7-14-15(8-2)20-16-11-9-10-12-18(16)26-19(20)13-17(14)23-24-21(3,4)22(5,6)25-23/h7-13H,1-2H2,3-6H3. The number of benzene rings is 2. The van der Waals surface area contributed by atoms with E-state index >= 15 is 0 Å². The van der Waals surface area contributed by atoms with Crippen LogP contribution in [0.3, 0.4) is 0 Å². The highest BCUT2D eigenvalue weighted by Crippen LogP contribution is 2.40. The van der Waals surface area contributed by atoms with Crippen LogP contribution in [0.15, 0.2) is 43.5 Å². The van der Waals surface area contributed by atoms with E-state index in [4.69, 9.17) is 9.31 Å². The lowest BCUT2D eigenvalue weighted by atomic mass is 9.74. The van der Waals surface area contributed by atoms with Gasteiger partial charge in [0.15, 0.2) is 0 Å². The number of thiophene rings is 1. The van der Waals surface area contributed by atoms with Crippen LogP contribution in [0.2, 0.25) is 0 Å². The van der Waals surface area contributed by atoms with Gasteiger partial charge in [0, 0.05) is 20.2 Å². The van der Waals surface area contributed by atoms with Crippen LogP contribution in [0.4, 0.5) is 0 Å². The van der Waals surface area contributed by atoms with Crippen LogP contribution in [-0.2, 0) is 9.31 Å². The number of hydrogen-bond acceptors (Lipinski definition) is 3.